The lowest BCUT2D eigenvalue weighted by molar-refractivity contribution is 0.705. The highest BCUT2D eigenvalue weighted by Crippen LogP contribution is 2.30. The lowest BCUT2D eigenvalue weighted by Crippen LogP contribution is -2.19. The summed E-state index contributed by atoms with van der Waals surface area (Å²) in [6, 6.07) is 0. The second kappa shape index (κ2) is 6.34. The van der Waals surface area contributed by atoms with Crippen LogP contribution in [-0.2, 0) is 0 Å². The van der Waals surface area contributed by atoms with Gasteiger partial charge in [0.2, 0.25) is 0 Å². The van der Waals surface area contributed by atoms with E-state index in [0.717, 1.165) is 36.6 Å². The Morgan fingerprint density at radius 2 is 2.11 bits per heavy atom. The average Bonchev–Trinajstić information content (AvgIpc) is 2.76. The van der Waals surface area contributed by atoms with E-state index in [9.17, 15) is 0 Å². The molecule has 0 aliphatic carbocycles. The molecule has 0 bridgehead atoms. The Kier molecular flexibility index (Phi) is 4.78. The molecule has 2 aromatic rings. The third-order valence-corrected chi connectivity index (χ3v) is 4.35. The molecule has 0 spiro atoms. The highest BCUT2D eigenvalue weighted by molar-refractivity contribution is 7.18. The van der Waals surface area contributed by atoms with E-state index in [1.165, 1.54) is 16.7 Å². The van der Waals surface area contributed by atoms with Crippen LogP contribution in [0.5, 0.6) is 0 Å². The molecule has 18 heavy (non-hydrogen) atoms. The number of anilines is 1. The molecule has 2 heterocycles. The standard InChI is InChI=1S/C13H18ClN3S/c1-10-8-18-12-11(10)15-9-16-13(12)17(2)7-5-3-4-6-14/h8-9H,3-7H2,1-2H3. The van der Waals surface area contributed by atoms with E-state index >= 15 is 0 Å². The summed E-state index contributed by atoms with van der Waals surface area (Å²) in [6.45, 7) is 3.11. The molecule has 0 aromatic carbocycles. The number of aromatic nitrogens is 2. The normalized spacial score (nSPS) is 11.1. The lowest BCUT2D eigenvalue weighted by atomic mass is 10.2. The van der Waals surface area contributed by atoms with Gasteiger partial charge in [-0.05, 0) is 30.7 Å². The zero-order valence-electron chi connectivity index (χ0n) is 10.8. The molecule has 0 radical (unpaired) electrons. The van der Waals surface area contributed by atoms with Crippen molar-refractivity contribution >= 4 is 39.0 Å². The molecule has 3 nitrogen and oxygen atoms in total. The summed E-state index contributed by atoms with van der Waals surface area (Å²) in [7, 11) is 2.09. The van der Waals surface area contributed by atoms with E-state index in [4.69, 9.17) is 11.6 Å². The van der Waals surface area contributed by atoms with Gasteiger partial charge in [0.05, 0.1) is 10.2 Å². The number of unbranched alkanes of at least 4 members (excludes halogenated alkanes) is 2. The maximum Gasteiger partial charge on any atom is 0.149 e. The molecule has 98 valence electrons. The van der Waals surface area contributed by atoms with Gasteiger partial charge in [0.1, 0.15) is 12.1 Å². The minimum absolute atomic E-state index is 0.756. The summed E-state index contributed by atoms with van der Waals surface area (Å²) in [6.07, 6.45) is 5.07. The van der Waals surface area contributed by atoms with Crippen LogP contribution in [0.2, 0.25) is 0 Å². The molecule has 0 saturated heterocycles. The number of nitrogens with zero attached hydrogens (tertiary/aromatic N) is 3. The lowest BCUT2D eigenvalue weighted by Gasteiger charge is -2.18. The van der Waals surface area contributed by atoms with Crippen molar-refractivity contribution in [2.75, 3.05) is 24.4 Å². The van der Waals surface area contributed by atoms with Crippen molar-refractivity contribution < 1.29 is 0 Å². The van der Waals surface area contributed by atoms with Gasteiger partial charge < -0.3 is 4.90 Å². The van der Waals surface area contributed by atoms with Crippen molar-refractivity contribution in [2.45, 2.75) is 26.2 Å². The van der Waals surface area contributed by atoms with Crippen molar-refractivity contribution in [2.24, 2.45) is 0 Å². The minimum atomic E-state index is 0.756. The number of halogens is 1. The van der Waals surface area contributed by atoms with Gasteiger partial charge in [-0.1, -0.05) is 6.42 Å². The van der Waals surface area contributed by atoms with Crippen LogP contribution in [-0.4, -0.2) is 29.4 Å². The second-order valence-electron chi connectivity index (χ2n) is 4.46. The summed E-state index contributed by atoms with van der Waals surface area (Å²) in [5, 5.41) is 2.14. The highest BCUT2D eigenvalue weighted by atomic mass is 35.5. The molecule has 0 aliphatic heterocycles. The third-order valence-electron chi connectivity index (χ3n) is 3.00. The van der Waals surface area contributed by atoms with Gasteiger partial charge in [0.25, 0.3) is 0 Å². The number of hydrogen-bond acceptors (Lipinski definition) is 4. The van der Waals surface area contributed by atoms with Gasteiger partial charge in [-0.2, -0.15) is 0 Å². The first-order valence-electron chi connectivity index (χ1n) is 6.20. The molecule has 0 N–H and O–H groups in total. The Balaban J connectivity index is 2.10. The maximum absolute atomic E-state index is 5.68. The van der Waals surface area contributed by atoms with Gasteiger partial charge in [0.15, 0.2) is 0 Å². The molecule has 2 aromatic heterocycles. The van der Waals surface area contributed by atoms with Gasteiger partial charge in [0, 0.05) is 19.5 Å². The number of fused-ring (bicyclic) bond motifs is 1. The molecule has 0 amide bonds. The Hall–Kier alpha value is -0.870. The SMILES string of the molecule is Cc1csc2c(N(C)CCCCCCl)ncnc12. The van der Waals surface area contributed by atoms with Crippen LogP contribution in [0.1, 0.15) is 24.8 Å². The highest BCUT2D eigenvalue weighted by Gasteiger charge is 2.11. The predicted octanol–water partition coefficient (Wildman–Crippen LogP) is 3.85. The molecule has 0 aliphatic rings. The quantitative estimate of drug-likeness (QED) is 0.596. The fraction of sp³-hybridized carbons (Fsp3) is 0.538. The summed E-state index contributed by atoms with van der Waals surface area (Å²) in [5.41, 5.74) is 2.31. The predicted molar refractivity (Wildman–Crippen MR) is 80.0 cm³/mol. The molecule has 0 atom stereocenters. The third kappa shape index (κ3) is 2.93. The maximum atomic E-state index is 5.68. The monoisotopic (exact) mass is 283 g/mol. The zero-order valence-corrected chi connectivity index (χ0v) is 12.4. The van der Waals surface area contributed by atoms with E-state index in [0.29, 0.717) is 0 Å². The van der Waals surface area contributed by atoms with Gasteiger partial charge in [-0.25, -0.2) is 9.97 Å². The van der Waals surface area contributed by atoms with Gasteiger partial charge in [-0.3, -0.25) is 0 Å². The van der Waals surface area contributed by atoms with Crippen LogP contribution in [0, 0.1) is 6.92 Å². The smallest absolute Gasteiger partial charge is 0.149 e. The van der Waals surface area contributed by atoms with Crippen LogP contribution < -0.4 is 4.90 Å². The summed E-state index contributed by atoms with van der Waals surface area (Å²) >= 11 is 7.41. The van der Waals surface area contributed by atoms with E-state index in [-0.39, 0.29) is 0 Å². The van der Waals surface area contributed by atoms with Crippen molar-refractivity contribution in [3.63, 3.8) is 0 Å². The van der Waals surface area contributed by atoms with Crippen LogP contribution >= 0.6 is 22.9 Å². The molecule has 0 saturated carbocycles. The Morgan fingerprint density at radius 3 is 2.89 bits per heavy atom. The summed E-state index contributed by atoms with van der Waals surface area (Å²) in [4.78, 5) is 11.0. The number of hydrogen-bond donors (Lipinski definition) is 0. The molecular formula is C13H18ClN3S. The molecular weight excluding hydrogens is 266 g/mol. The number of thiophene rings is 1. The van der Waals surface area contributed by atoms with Crippen molar-refractivity contribution in [1.29, 1.82) is 0 Å². The van der Waals surface area contributed by atoms with Crippen molar-refractivity contribution in [3.8, 4) is 0 Å². The van der Waals surface area contributed by atoms with Crippen molar-refractivity contribution in [1.82, 2.24) is 9.97 Å². The first-order valence-corrected chi connectivity index (χ1v) is 7.61. The second-order valence-corrected chi connectivity index (χ2v) is 5.72. The summed E-state index contributed by atoms with van der Waals surface area (Å²) in [5.74, 6) is 1.80. The molecule has 2 rings (SSSR count). The van der Waals surface area contributed by atoms with Gasteiger partial charge in [-0.15, -0.1) is 22.9 Å². The fourth-order valence-corrected chi connectivity index (χ4v) is 3.19. The Labute approximate surface area is 117 Å². The first kappa shape index (κ1) is 13.6. The van der Waals surface area contributed by atoms with Gasteiger partial charge >= 0.3 is 0 Å². The summed E-state index contributed by atoms with van der Waals surface area (Å²) < 4.78 is 1.19. The molecule has 5 heteroatoms. The van der Waals surface area contributed by atoms with E-state index in [2.05, 4.69) is 34.2 Å². The minimum Gasteiger partial charge on any atom is -0.358 e. The van der Waals surface area contributed by atoms with Crippen LogP contribution in [0.3, 0.4) is 0 Å². The van der Waals surface area contributed by atoms with E-state index in [1.54, 1.807) is 17.7 Å². The Bertz CT molecular complexity index is 512. The number of alkyl halides is 1. The van der Waals surface area contributed by atoms with E-state index < -0.39 is 0 Å². The van der Waals surface area contributed by atoms with Crippen LogP contribution in [0.25, 0.3) is 10.2 Å². The largest absolute Gasteiger partial charge is 0.358 e. The zero-order chi connectivity index (χ0) is 13.0. The van der Waals surface area contributed by atoms with Crippen molar-refractivity contribution in [3.05, 3.63) is 17.3 Å². The van der Waals surface area contributed by atoms with Crippen LogP contribution in [0.15, 0.2) is 11.7 Å². The Morgan fingerprint density at radius 1 is 1.28 bits per heavy atom. The fourth-order valence-electron chi connectivity index (χ4n) is 1.96. The topological polar surface area (TPSA) is 29.0 Å². The average molecular weight is 284 g/mol. The van der Waals surface area contributed by atoms with E-state index in [1.807, 2.05) is 0 Å². The number of rotatable bonds is 6. The molecule has 0 unspecified atom stereocenters. The molecule has 0 fully saturated rings. The first-order chi connectivity index (χ1) is 8.74. The van der Waals surface area contributed by atoms with Crippen LogP contribution in [0.4, 0.5) is 5.82 Å². The number of aryl methyl sites for hydroxylation is 1.